The summed E-state index contributed by atoms with van der Waals surface area (Å²) >= 11 is 6.28. The fourth-order valence-corrected chi connectivity index (χ4v) is 2.74. The summed E-state index contributed by atoms with van der Waals surface area (Å²) in [6, 6.07) is 10.0. The minimum atomic E-state index is 0.0336. The highest BCUT2D eigenvalue weighted by atomic mass is 35.5. The van der Waals surface area contributed by atoms with Gasteiger partial charge in [-0.3, -0.25) is 4.90 Å². The Bertz CT molecular complexity index is 605. The molecule has 1 aromatic carbocycles. The molecule has 1 unspecified atom stereocenters. The van der Waals surface area contributed by atoms with Gasteiger partial charge in [0.25, 0.3) is 0 Å². The average Bonchev–Trinajstić information content (AvgIpc) is 2.48. The average molecular weight is 293 g/mol. The number of fused-ring (bicyclic) bond motifs is 1. The zero-order valence-corrected chi connectivity index (χ0v) is 11.9. The second-order valence-electron chi connectivity index (χ2n) is 5.01. The van der Waals surface area contributed by atoms with Crippen LogP contribution in [0.5, 0.6) is 0 Å². The monoisotopic (exact) mass is 292 g/mol. The molecule has 0 radical (unpaired) electrons. The zero-order valence-electron chi connectivity index (χ0n) is 11.1. The quantitative estimate of drug-likeness (QED) is 0.880. The van der Waals surface area contributed by atoms with Crippen LogP contribution in [0.15, 0.2) is 30.3 Å². The normalized spacial score (nSPS) is 20.4. The largest absolute Gasteiger partial charge is 0.395 e. The smallest absolute Gasteiger partial charge is 0.134 e. The third kappa shape index (κ3) is 2.79. The molecule has 5 heteroatoms. The SMILES string of the molecule is OCC1COCCN1Cc1cc2ccccc2nc1Cl. The van der Waals surface area contributed by atoms with E-state index in [9.17, 15) is 5.11 Å². The van der Waals surface area contributed by atoms with E-state index in [1.54, 1.807) is 0 Å². The summed E-state index contributed by atoms with van der Waals surface area (Å²) in [6.07, 6.45) is 0. The van der Waals surface area contributed by atoms with Gasteiger partial charge in [-0.1, -0.05) is 29.8 Å². The number of pyridine rings is 1. The molecule has 1 N–H and O–H groups in total. The van der Waals surface area contributed by atoms with Crippen LogP contribution in [-0.2, 0) is 11.3 Å². The Morgan fingerprint density at radius 1 is 1.40 bits per heavy atom. The molecule has 1 aliphatic heterocycles. The first kappa shape index (κ1) is 13.8. The molecule has 1 fully saturated rings. The van der Waals surface area contributed by atoms with Gasteiger partial charge in [-0.2, -0.15) is 0 Å². The molecular formula is C15H17ClN2O2. The van der Waals surface area contributed by atoms with Crippen molar-refractivity contribution in [2.24, 2.45) is 0 Å². The highest BCUT2D eigenvalue weighted by Gasteiger charge is 2.23. The van der Waals surface area contributed by atoms with Crippen LogP contribution in [-0.4, -0.2) is 47.4 Å². The number of hydrogen-bond acceptors (Lipinski definition) is 4. The lowest BCUT2D eigenvalue weighted by Gasteiger charge is -2.34. The van der Waals surface area contributed by atoms with E-state index >= 15 is 0 Å². The van der Waals surface area contributed by atoms with Crippen molar-refractivity contribution in [1.29, 1.82) is 0 Å². The van der Waals surface area contributed by atoms with E-state index in [0.717, 1.165) is 23.0 Å². The second kappa shape index (κ2) is 6.06. The predicted octanol–water partition coefficient (Wildman–Crippen LogP) is 2.08. The van der Waals surface area contributed by atoms with Crippen molar-refractivity contribution >= 4 is 22.5 Å². The Morgan fingerprint density at radius 2 is 2.25 bits per heavy atom. The summed E-state index contributed by atoms with van der Waals surface area (Å²) in [6.45, 7) is 2.84. The molecule has 1 atom stereocenters. The molecule has 106 valence electrons. The Balaban J connectivity index is 1.87. The van der Waals surface area contributed by atoms with Crippen LogP contribution in [0.1, 0.15) is 5.56 Å². The maximum atomic E-state index is 9.41. The molecule has 0 saturated carbocycles. The van der Waals surface area contributed by atoms with Gasteiger partial charge in [-0.05, 0) is 12.1 Å². The molecule has 0 bridgehead atoms. The number of para-hydroxylation sites is 1. The Kier molecular flexibility index (Phi) is 4.17. The van der Waals surface area contributed by atoms with Gasteiger partial charge < -0.3 is 9.84 Å². The number of morpholine rings is 1. The van der Waals surface area contributed by atoms with Gasteiger partial charge in [-0.25, -0.2) is 4.98 Å². The molecule has 0 amide bonds. The number of halogens is 1. The fraction of sp³-hybridized carbons (Fsp3) is 0.400. The molecule has 0 aliphatic carbocycles. The van der Waals surface area contributed by atoms with Crippen LogP contribution in [0.3, 0.4) is 0 Å². The first-order valence-electron chi connectivity index (χ1n) is 6.75. The maximum Gasteiger partial charge on any atom is 0.134 e. The minimum absolute atomic E-state index is 0.0336. The lowest BCUT2D eigenvalue weighted by Crippen LogP contribution is -2.46. The molecule has 20 heavy (non-hydrogen) atoms. The van der Waals surface area contributed by atoms with Crippen molar-refractivity contribution in [1.82, 2.24) is 9.88 Å². The lowest BCUT2D eigenvalue weighted by molar-refractivity contribution is -0.0312. The first-order valence-corrected chi connectivity index (χ1v) is 7.12. The third-order valence-electron chi connectivity index (χ3n) is 3.68. The summed E-state index contributed by atoms with van der Waals surface area (Å²) in [7, 11) is 0. The topological polar surface area (TPSA) is 45.6 Å². The van der Waals surface area contributed by atoms with Crippen molar-refractivity contribution in [2.45, 2.75) is 12.6 Å². The summed E-state index contributed by atoms with van der Waals surface area (Å²) in [5.74, 6) is 0. The third-order valence-corrected chi connectivity index (χ3v) is 4.01. The van der Waals surface area contributed by atoms with Crippen molar-refractivity contribution in [3.8, 4) is 0 Å². The Labute approximate surface area is 122 Å². The van der Waals surface area contributed by atoms with Gasteiger partial charge in [0.15, 0.2) is 0 Å². The molecule has 1 saturated heterocycles. The summed E-state index contributed by atoms with van der Waals surface area (Å²) < 4.78 is 5.39. The van der Waals surface area contributed by atoms with Gasteiger partial charge in [0, 0.05) is 24.0 Å². The van der Waals surface area contributed by atoms with Gasteiger partial charge in [0.05, 0.1) is 31.4 Å². The molecule has 2 aromatic rings. The predicted molar refractivity (Wildman–Crippen MR) is 78.9 cm³/mol. The van der Waals surface area contributed by atoms with Crippen molar-refractivity contribution in [3.63, 3.8) is 0 Å². The number of benzene rings is 1. The standard InChI is InChI=1S/C15H17ClN2O2/c16-15-12(7-11-3-1-2-4-14(11)17-15)8-18-5-6-20-10-13(18)9-19/h1-4,7,13,19H,5-6,8-10H2. The van der Waals surface area contributed by atoms with Crippen molar-refractivity contribution < 1.29 is 9.84 Å². The molecule has 1 aromatic heterocycles. The Hall–Kier alpha value is -1.20. The Morgan fingerprint density at radius 3 is 3.10 bits per heavy atom. The van der Waals surface area contributed by atoms with Gasteiger partial charge in [-0.15, -0.1) is 0 Å². The van der Waals surface area contributed by atoms with E-state index in [4.69, 9.17) is 16.3 Å². The minimum Gasteiger partial charge on any atom is -0.395 e. The van der Waals surface area contributed by atoms with E-state index in [0.29, 0.717) is 24.9 Å². The van der Waals surface area contributed by atoms with Crippen LogP contribution in [0, 0.1) is 0 Å². The van der Waals surface area contributed by atoms with E-state index in [1.807, 2.05) is 24.3 Å². The fourth-order valence-electron chi connectivity index (χ4n) is 2.53. The lowest BCUT2D eigenvalue weighted by atomic mass is 10.1. The number of rotatable bonds is 3. The van der Waals surface area contributed by atoms with Crippen LogP contribution in [0.25, 0.3) is 10.9 Å². The summed E-state index contributed by atoms with van der Waals surface area (Å²) in [4.78, 5) is 6.63. The number of aliphatic hydroxyl groups is 1. The number of aromatic nitrogens is 1. The maximum absolute atomic E-state index is 9.41. The van der Waals surface area contributed by atoms with Gasteiger partial charge >= 0.3 is 0 Å². The number of ether oxygens (including phenoxy) is 1. The van der Waals surface area contributed by atoms with E-state index in [2.05, 4.69) is 16.0 Å². The van der Waals surface area contributed by atoms with E-state index < -0.39 is 0 Å². The molecular weight excluding hydrogens is 276 g/mol. The first-order chi connectivity index (χ1) is 9.78. The second-order valence-corrected chi connectivity index (χ2v) is 5.37. The summed E-state index contributed by atoms with van der Waals surface area (Å²) in [5, 5.41) is 11.0. The molecule has 3 rings (SSSR count). The highest BCUT2D eigenvalue weighted by Crippen LogP contribution is 2.23. The van der Waals surface area contributed by atoms with Crippen molar-refractivity contribution in [2.75, 3.05) is 26.4 Å². The van der Waals surface area contributed by atoms with Crippen LogP contribution in [0.4, 0.5) is 0 Å². The van der Waals surface area contributed by atoms with E-state index in [-0.39, 0.29) is 12.6 Å². The van der Waals surface area contributed by atoms with Gasteiger partial charge in [0.2, 0.25) is 0 Å². The number of nitrogens with zero attached hydrogens (tertiary/aromatic N) is 2. The van der Waals surface area contributed by atoms with Crippen LogP contribution >= 0.6 is 11.6 Å². The van der Waals surface area contributed by atoms with Crippen LogP contribution < -0.4 is 0 Å². The number of hydrogen-bond donors (Lipinski definition) is 1. The van der Waals surface area contributed by atoms with E-state index in [1.165, 1.54) is 0 Å². The molecule has 1 aliphatic rings. The molecule has 0 spiro atoms. The van der Waals surface area contributed by atoms with Gasteiger partial charge in [0.1, 0.15) is 5.15 Å². The highest BCUT2D eigenvalue weighted by molar-refractivity contribution is 6.30. The summed E-state index contributed by atoms with van der Waals surface area (Å²) in [5.41, 5.74) is 1.90. The van der Waals surface area contributed by atoms with Crippen LogP contribution in [0.2, 0.25) is 5.15 Å². The molecule has 4 nitrogen and oxygen atoms in total. The molecule has 2 heterocycles. The zero-order chi connectivity index (χ0) is 13.9. The number of aliphatic hydroxyl groups excluding tert-OH is 1. The van der Waals surface area contributed by atoms with Crippen molar-refractivity contribution in [3.05, 3.63) is 41.0 Å².